The highest BCUT2D eigenvalue weighted by atomic mass is 35.5. The second kappa shape index (κ2) is 7.18. The smallest absolute Gasteiger partial charge is 0.362 e. The second-order valence-corrected chi connectivity index (χ2v) is 10.1. The molecule has 5 rings (SSSR count). The van der Waals surface area contributed by atoms with Crippen LogP contribution in [0.4, 0.5) is 0 Å². The molecular formula is C20H15ClN4O7S. The molecule has 0 unspecified atom stereocenters. The van der Waals surface area contributed by atoms with Crippen molar-refractivity contribution in [3.63, 3.8) is 0 Å². The molecular weight excluding hydrogens is 476 g/mol. The van der Waals surface area contributed by atoms with E-state index in [0.717, 1.165) is 0 Å². The zero-order chi connectivity index (χ0) is 23.7. The standard InChI is InChI=1S/C20H15ClN4O7S/c21-12-3-4-15(18-17(12)19(28)25(30)20(29)23-18)33(31,32)11-2-1-9-8-22-24(14(9)7-11)13-5-10(13)6-16(26)27/h1-4,7-8,10,13,30H,5-6H2,(H,23,29)(H,26,27)/t10-,13-/m1/s1. The second-order valence-electron chi connectivity index (χ2n) is 7.82. The van der Waals surface area contributed by atoms with Crippen LogP contribution in [0.2, 0.25) is 5.02 Å². The number of carboxylic acids is 1. The van der Waals surface area contributed by atoms with Crippen LogP contribution in [0.15, 0.2) is 55.9 Å². The summed E-state index contributed by atoms with van der Waals surface area (Å²) in [5.41, 5.74) is -2.17. The Kier molecular flexibility index (Phi) is 4.62. The molecule has 2 heterocycles. The van der Waals surface area contributed by atoms with Crippen molar-refractivity contribution in [1.29, 1.82) is 0 Å². The molecule has 2 atom stereocenters. The molecule has 1 aliphatic rings. The Balaban J connectivity index is 1.67. The average Bonchev–Trinajstić information content (AvgIpc) is 3.36. The minimum Gasteiger partial charge on any atom is -0.481 e. The Labute approximate surface area is 189 Å². The summed E-state index contributed by atoms with van der Waals surface area (Å²) in [5.74, 6) is -0.996. The van der Waals surface area contributed by atoms with Gasteiger partial charge in [0.15, 0.2) is 0 Å². The van der Waals surface area contributed by atoms with Gasteiger partial charge in [0, 0.05) is 5.39 Å². The Morgan fingerprint density at radius 1 is 1.24 bits per heavy atom. The fraction of sp³-hybridized carbons (Fsp3) is 0.200. The molecule has 0 radical (unpaired) electrons. The van der Waals surface area contributed by atoms with Crippen molar-refractivity contribution in [3.05, 3.63) is 62.4 Å². The molecule has 0 saturated heterocycles. The average molecular weight is 491 g/mol. The number of nitrogens with one attached hydrogen (secondary N) is 1. The van der Waals surface area contributed by atoms with Gasteiger partial charge < -0.3 is 15.3 Å². The van der Waals surface area contributed by atoms with Crippen LogP contribution in [0.5, 0.6) is 0 Å². The number of hydrogen-bond donors (Lipinski definition) is 3. The van der Waals surface area contributed by atoms with E-state index in [2.05, 4.69) is 10.1 Å². The highest BCUT2D eigenvalue weighted by Gasteiger charge is 2.41. The molecule has 2 aromatic heterocycles. The monoisotopic (exact) mass is 490 g/mol. The normalized spacial score (nSPS) is 18.1. The molecule has 3 N–H and O–H groups in total. The van der Waals surface area contributed by atoms with E-state index >= 15 is 0 Å². The van der Waals surface area contributed by atoms with Gasteiger partial charge in [-0.15, -0.1) is 0 Å². The predicted octanol–water partition coefficient (Wildman–Crippen LogP) is 1.80. The van der Waals surface area contributed by atoms with E-state index in [1.54, 1.807) is 16.9 Å². The number of hydrogen-bond acceptors (Lipinski definition) is 7. The van der Waals surface area contributed by atoms with Crippen molar-refractivity contribution in [2.24, 2.45) is 5.92 Å². The number of aliphatic carboxylic acids is 1. The van der Waals surface area contributed by atoms with E-state index in [1.807, 2.05) is 0 Å². The van der Waals surface area contributed by atoms with Crippen LogP contribution in [0, 0.1) is 5.92 Å². The van der Waals surface area contributed by atoms with E-state index in [9.17, 15) is 28.0 Å². The van der Waals surface area contributed by atoms with Gasteiger partial charge in [0.25, 0.3) is 5.56 Å². The van der Waals surface area contributed by atoms with Crippen LogP contribution in [0.3, 0.4) is 0 Å². The van der Waals surface area contributed by atoms with Gasteiger partial charge in [0.1, 0.15) is 0 Å². The van der Waals surface area contributed by atoms with Crippen molar-refractivity contribution in [2.45, 2.75) is 28.7 Å². The van der Waals surface area contributed by atoms with E-state index in [1.165, 1.54) is 24.3 Å². The minimum absolute atomic E-state index is 0.00345. The van der Waals surface area contributed by atoms with Crippen LogP contribution in [-0.2, 0) is 14.6 Å². The van der Waals surface area contributed by atoms with E-state index in [4.69, 9.17) is 16.7 Å². The third-order valence-corrected chi connectivity index (χ3v) is 7.86. The predicted molar refractivity (Wildman–Crippen MR) is 116 cm³/mol. The van der Waals surface area contributed by atoms with Gasteiger partial charge in [-0.25, -0.2) is 13.2 Å². The Bertz CT molecular complexity index is 1700. The molecule has 0 spiro atoms. The molecule has 170 valence electrons. The molecule has 2 aromatic carbocycles. The minimum atomic E-state index is -4.25. The highest BCUT2D eigenvalue weighted by Crippen LogP contribution is 2.46. The summed E-state index contributed by atoms with van der Waals surface area (Å²) in [6, 6.07) is 6.58. The maximum atomic E-state index is 13.5. The fourth-order valence-corrected chi connectivity index (χ4v) is 5.70. The lowest BCUT2D eigenvalue weighted by atomic mass is 10.2. The van der Waals surface area contributed by atoms with Gasteiger partial charge in [0.2, 0.25) is 9.84 Å². The first kappa shape index (κ1) is 21.2. The van der Waals surface area contributed by atoms with Gasteiger partial charge in [-0.05, 0) is 42.7 Å². The lowest BCUT2D eigenvalue weighted by molar-refractivity contribution is -0.137. The first-order chi connectivity index (χ1) is 15.6. The van der Waals surface area contributed by atoms with E-state index < -0.39 is 27.1 Å². The summed E-state index contributed by atoms with van der Waals surface area (Å²) in [6.07, 6.45) is 2.19. The SMILES string of the molecule is O=C(O)C[C@H]1C[C@H]1n1ncc2ccc(S(=O)(=O)c3ccc(Cl)c4c(=O)n(O)c(=O)[nH]c34)cc21. The first-order valence-corrected chi connectivity index (χ1v) is 11.6. The number of carboxylic acid groups (broad SMARTS) is 1. The summed E-state index contributed by atoms with van der Waals surface area (Å²) in [6.45, 7) is 0. The maximum absolute atomic E-state index is 13.5. The summed E-state index contributed by atoms with van der Waals surface area (Å²) in [5, 5.41) is 23.1. The van der Waals surface area contributed by atoms with Crippen LogP contribution in [-0.4, -0.2) is 44.2 Å². The Morgan fingerprint density at radius 3 is 2.73 bits per heavy atom. The van der Waals surface area contributed by atoms with Crippen molar-refractivity contribution in [2.75, 3.05) is 0 Å². The van der Waals surface area contributed by atoms with Crippen molar-refractivity contribution in [1.82, 2.24) is 19.5 Å². The van der Waals surface area contributed by atoms with E-state index in [-0.39, 0.29) is 48.8 Å². The van der Waals surface area contributed by atoms with Gasteiger partial charge in [0.05, 0.1) is 49.9 Å². The number of H-pyrrole nitrogens is 1. The molecule has 0 aliphatic heterocycles. The maximum Gasteiger partial charge on any atom is 0.362 e. The summed E-state index contributed by atoms with van der Waals surface area (Å²) in [4.78, 5) is 36.9. The topological polar surface area (TPSA) is 164 Å². The Morgan fingerprint density at radius 2 is 2.00 bits per heavy atom. The summed E-state index contributed by atoms with van der Waals surface area (Å²) < 4.78 is 28.4. The molecule has 1 aliphatic carbocycles. The first-order valence-electron chi connectivity index (χ1n) is 9.70. The number of sulfone groups is 1. The van der Waals surface area contributed by atoms with E-state index in [0.29, 0.717) is 17.3 Å². The zero-order valence-corrected chi connectivity index (χ0v) is 18.2. The molecule has 13 heteroatoms. The molecule has 33 heavy (non-hydrogen) atoms. The number of halogens is 1. The van der Waals surface area contributed by atoms with Crippen LogP contribution < -0.4 is 11.2 Å². The number of aromatic nitrogens is 4. The number of nitrogens with zero attached hydrogens (tertiary/aromatic N) is 3. The number of aromatic amines is 1. The quantitative estimate of drug-likeness (QED) is 0.356. The van der Waals surface area contributed by atoms with Crippen LogP contribution in [0.25, 0.3) is 21.8 Å². The molecule has 0 bridgehead atoms. The largest absolute Gasteiger partial charge is 0.481 e. The molecule has 1 fully saturated rings. The third-order valence-electron chi connectivity index (χ3n) is 5.75. The van der Waals surface area contributed by atoms with Gasteiger partial charge >= 0.3 is 11.7 Å². The lowest BCUT2D eigenvalue weighted by Crippen LogP contribution is -2.33. The number of fused-ring (bicyclic) bond motifs is 2. The van der Waals surface area contributed by atoms with Gasteiger partial charge in [-0.3, -0.25) is 14.3 Å². The lowest BCUT2D eigenvalue weighted by Gasteiger charge is -2.10. The number of benzene rings is 2. The van der Waals surface area contributed by atoms with Crippen molar-refractivity contribution < 1.29 is 23.5 Å². The highest BCUT2D eigenvalue weighted by molar-refractivity contribution is 7.91. The number of carbonyl (C=O) groups is 1. The molecule has 4 aromatic rings. The van der Waals surface area contributed by atoms with Crippen molar-refractivity contribution >= 4 is 49.2 Å². The Hall–Kier alpha value is -3.64. The fourth-order valence-electron chi connectivity index (χ4n) is 4.02. The number of rotatable bonds is 5. The molecule has 11 nitrogen and oxygen atoms in total. The van der Waals surface area contributed by atoms with Crippen LogP contribution >= 0.6 is 11.6 Å². The third kappa shape index (κ3) is 3.29. The van der Waals surface area contributed by atoms with Gasteiger partial charge in [-0.2, -0.15) is 5.10 Å². The van der Waals surface area contributed by atoms with Crippen LogP contribution in [0.1, 0.15) is 18.9 Å². The molecule has 1 saturated carbocycles. The van der Waals surface area contributed by atoms with Gasteiger partial charge in [-0.1, -0.05) is 16.3 Å². The summed E-state index contributed by atoms with van der Waals surface area (Å²) >= 11 is 6.04. The summed E-state index contributed by atoms with van der Waals surface area (Å²) in [7, 11) is -4.25. The zero-order valence-electron chi connectivity index (χ0n) is 16.6. The van der Waals surface area contributed by atoms with Crippen molar-refractivity contribution in [3.8, 4) is 0 Å². The molecule has 0 amide bonds.